The molecule has 2 nitrogen and oxygen atoms in total. The van der Waals surface area contributed by atoms with Crippen LogP contribution in [0.15, 0.2) is 29.2 Å². The first-order valence-corrected chi connectivity index (χ1v) is 7.00. The van der Waals surface area contributed by atoms with Gasteiger partial charge < -0.3 is 10.1 Å². The fraction of sp³-hybridized carbons (Fsp3) is 0.571. The Kier molecular flexibility index (Phi) is 4.13. The lowest BCUT2D eigenvalue weighted by Gasteiger charge is -2.27. The van der Waals surface area contributed by atoms with Crippen molar-refractivity contribution >= 4 is 11.8 Å². The molecule has 94 valence electrons. The molecule has 0 spiro atoms. The Morgan fingerprint density at radius 1 is 1.29 bits per heavy atom. The van der Waals surface area contributed by atoms with Gasteiger partial charge in [-0.15, -0.1) is 11.8 Å². The highest BCUT2D eigenvalue weighted by Crippen LogP contribution is 2.30. The molecule has 17 heavy (non-hydrogen) atoms. The highest BCUT2D eigenvalue weighted by atomic mass is 32.2. The molecule has 0 atom stereocenters. The molecule has 1 heterocycles. The summed E-state index contributed by atoms with van der Waals surface area (Å²) in [7, 11) is 0. The normalized spacial score (nSPS) is 16.9. The second-order valence-electron chi connectivity index (χ2n) is 5.49. The maximum atomic E-state index is 5.22. The number of hydrogen-bond acceptors (Lipinski definition) is 3. The van der Waals surface area contributed by atoms with Crippen molar-refractivity contribution in [3.63, 3.8) is 0 Å². The molecule has 1 saturated heterocycles. The van der Waals surface area contributed by atoms with E-state index in [-0.39, 0.29) is 5.54 Å². The Balaban J connectivity index is 1.99. The van der Waals surface area contributed by atoms with E-state index in [4.69, 9.17) is 4.74 Å². The van der Waals surface area contributed by atoms with Crippen molar-refractivity contribution in [1.29, 1.82) is 0 Å². The van der Waals surface area contributed by atoms with E-state index >= 15 is 0 Å². The summed E-state index contributed by atoms with van der Waals surface area (Å²) in [6.45, 7) is 9.31. The van der Waals surface area contributed by atoms with E-state index in [9.17, 15) is 0 Å². The fourth-order valence-corrected chi connectivity index (χ4v) is 2.72. The molecule has 0 radical (unpaired) electrons. The van der Waals surface area contributed by atoms with Crippen LogP contribution >= 0.6 is 11.8 Å². The maximum absolute atomic E-state index is 5.22. The summed E-state index contributed by atoms with van der Waals surface area (Å²) < 4.78 is 5.22. The van der Waals surface area contributed by atoms with Gasteiger partial charge in [0.25, 0.3) is 0 Å². The van der Waals surface area contributed by atoms with Crippen LogP contribution in [0.5, 0.6) is 0 Å². The van der Waals surface area contributed by atoms with Crippen LogP contribution in [0.1, 0.15) is 26.3 Å². The maximum Gasteiger partial charge on any atom is 0.0611 e. The van der Waals surface area contributed by atoms with E-state index in [1.54, 1.807) is 0 Å². The summed E-state index contributed by atoms with van der Waals surface area (Å²) in [6, 6.07) is 8.65. The number of nitrogens with one attached hydrogen (secondary N) is 1. The third kappa shape index (κ3) is 4.02. The van der Waals surface area contributed by atoms with E-state index in [1.807, 2.05) is 11.8 Å². The predicted octanol–water partition coefficient (Wildman–Crippen LogP) is 3.07. The summed E-state index contributed by atoms with van der Waals surface area (Å²) in [5.41, 5.74) is 1.55. The first-order valence-electron chi connectivity index (χ1n) is 6.12. The van der Waals surface area contributed by atoms with Gasteiger partial charge in [0, 0.05) is 17.0 Å². The summed E-state index contributed by atoms with van der Waals surface area (Å²) in [6.07, 6.45) is 0. The van der Waals surface area contributed by atoms with E-state index < -0.39 is 0 Å². The molecule has 1 aliphatic heterocycles. The second-order valence-corrected chi connectivity index (χ2v) is 6.83. The molecule has 1 aromatic rings. The quantitative estimate of drug-likeness (QED) is 0.888. The van der Waals surface area contributed by atoms with Gasteiger partial charge in [-0.1, -0.05) is 18.2 Å². The zero-order valence-corrected chi connectivity index (χ0v) is 11.6. The molecule has 2 rings (SSSR count). The molecular formula is C14H21NOS. The molecule has 1 aliphatic rings. The minimum absolute atomic E-state index is 0.164. The van der Waals surface area contributed by atoms with Gasteiger partial charge in [-0.3, -0.25) is 0 Å². The van der Waals surface area contributed by atoms with E-state index in [0.29, 0.717) is 5.25 Å². The van der Waals surface area contributed by atoms with Gasteiger partial charge in [-0.2, -0.15) is 0 Å². The third-order valence-electron chi connectivity index (χ3n) is 2.68. The average molecular weight is 251 g/mol. The van der Waals surface area contributed by atoms with Crippen molar-refractivity contribution in [1.82, 2.24) is 5.32 Å². The lowest BCUT2D eigenvalue weighted by Crippen LogP contribution is -2.35. The van der Waals surface area contributed by atoms with Crippen LogP contribution in [0, 0.1) is 0 Å². The molecule has 0 unspecified atom stereocenters. The van der Waals surface area contributed by atoms with E-state index in [2.05, 4.69) is 50.4 Å². The van der Waals surface area contributed by atoms with Crippen molar-refractivity contribution in [3.8, 4) is 0 Å². The Morgan fingerprint density at radius 2 is 2.00 bits per heavy atom. The number of hydrogen-bond donors (Lipinski definition) is 1. The van der Waals surface area contributed by atoms with Gasteiger partial charge in [-0.05, 0) is 32.4 Å². The number of ether oxygens (including phenoxy) is 1. The zero-order chi connectivity index (χ0) is 12.3. The largest absolute Gasteiger partial charge is 0.379 e. The van der Waals surface area contributed by atoms with Crippen LogP contribution in [-0.2, 0) is 11.3 Å². The summed E-state index contributed by atoms with van der Waals surface area (Å²) in [4.78, 5) is 1.39. The fourth-order valence-electron chi connectivity index (χ4n) is 1.59. The number of thioether (sulfide) groups is 1. The monoisotopic (exact) mass is 251 g/mol. The van der Waals surface area contributed by atoms with Gasteiger partial charge >= 0.3 is 0 Å². The minimum atomic E-state index is 0.164. The molecule has 1 fully saturated rings. The number of rotatable bonds is 4. The molecule has 0 aromatic heterocycles. The average Bonchev–Trinajstić information content (AvgIpc) is 2.21. The van der Waals surface area contributed by atoms with Crippen LogP contribution in [0.2, 0.25) is 0 Å². The molecule has 3 heteroatoms. The minimum Gasteiger partial charge on any atom is -0.379 e. The van der Waals surface area contributed by atoms with Crippen LogP contribution < -0.4 is 5.32 Å². The highest BCUT2D eigenvalue weighted by Gasteiger charge is 2.20. The van der Waals surface area contributed by atoms with Crippen LogP contribution in [0.3, 0.4) is 0 Å². The second kappa shape index (κ2) is 5.42. The first-order chi connectivity index (χ1) is 8.04. The van der Waals surface area contributed by atoms with E-state index in [1.165, 1.54) is 10.5 Å². The first kappa shape index (κ1) is 12.9. The Morgan fingerprint density at radius 3 is 2.59 bits per heavy atom. The Bertz CT molecular complexity index is 369. The van der Waals surface area contributed by atoms with Crippen molar-refractivity contribution in [2.24, 2.45) is 0 Å². The van der Waals surface area contributed by atoms with Gasteiger partial charge in [-0.25, -0.2) is 0 Å². The SMILES string of the molecule is CC(C)(C)NCc1ccccc1SC1COC1. The van der Waals surface area contributed by atoms with Crippen molar-refractivity contribution in [2.75, 3.05) is 13.2 Å². The van der Waals surface area contributed by atoms with Crippen LogP contribution in [0.25, 0.3) is 0 Å². The Hall–Kier alpha value is -0.510. The van der Waals surface area contributed by atoms with Crippen LogP contribution in [0.4, 0.5) is 0 Å². The summed E-state index contributed by atoms with van der Waals surface area (Å²) in [5.74, 6) is 0. The lowest BCUT2D eigenvalue weighted by atomic mass is 10.1. The van der Waals surface area contributed by atoms with Gasteiger partial charge in [0.05, 0.1) is 18.5 Å². The summed E-state index contributed by atoms with van der Waals surface area (Å²) in [5, 5.41) is 4.19. The molecule has 1 N–H and O–H groups in total. The predicted molar refractivity (Wildman–Crippen MR) is 73.5 cm³/mol. The lowest BCUT2D eigenvalue weighted by molar-refractivity contribution is 0.0455. The molecule has 0 bridgehead atoms. The third-order valence-corrected chi connectivity index (χ3v) is 3.94. The van der Waals surface area contributed by atoms with Gasteiger partial charge in [0.15, 0.2) is 0 Å². The van der Waals surface area contributed by atoms with Crippen molar-refractivity contribution < 1.29 is 4.74 Å². The Labute approximate surface area is 108 Å². The zero-order valence-electron chi connectivity index (χ0n) is 10.8. The highest BCUT2D eigenvalue weighted by molar-refractivity contribution is 8.00. The number of benzene rings is 1. The smallest absolute Gasteiger partial charge is 0.0611 e. The molecule has 0 aliphatic carbocycles. The van der Waals surface area contributed by atoms with Gasteiger partial charge in [0.2, 0.25) is 0 Å². The molecule has 0 saturated carbocycles. The molecule has 1 aromatic carbocycles. The van der Waals surface area contributed by atoms with Crippen molar-refractivity contribution in [3.05, 3.63) is 29.8 Å². The standard InChI is InChI=1S/C14H21NOS/c1-14(2,3)15-8-11-6-4-5-7-13(11)17-12-9-16-10-12/h4-7,12,15H,8-10H2,1-3H3. The topological polar surface area (TPSA) is 21.3 Å². The molecular weight excluding hydrogens is 230 g/mol. The van der Waals surface area contributed by atoms with Crippen LogP contribution in [-0.4, -0.2) is 24.0 Å². The van der Waals surface area contributed by atoms with E-state index in [0.717, 1.165) is 19.8 Å². The van der Waals surface area contributed by atoms with Crippen molar-refractivity contribution in [2.45, 2.75) is 43.0 Å². The summed E-state index contributed by atoms with van der Waals surface area (Å²) >= 11 is 1.94. The molecule has 0 amide bonds. The van der Waals surface area contributed by atoms with Gasteiger partial charge in [0.1, 0.15) is 0 Å².